The maximum absolute atomic E-state index is 13.4. The highest BCUT2D eigenvalue weighted by Gasteiger charge is 2.30. The van der Waals surface area contributed by atoms with Gasteiger partial charge >= 0.3 is 5.97 Å². The van der Waals surface area contributed by atoms with E-state index in [9.17, 15) is 30.8 Å². The Morgan fingerprint density at radius 3 is 2.18 bits per heavy atom. The second-order valence-corrected chi connectivity index (χ2v) is 6.91. The Bertz CT molecular complexity index is 698. The lowest BCUT2D eigenvalue weighted by Gasteiger charge is -2.19. The number of hydrogen-bond acceptors (Lipinski definition) is 4. The fourth-order valence-electron chi connectivity index (χ4n) is 1.40. The van der Waals surface area contributed by atoms with Gasteiger partial charge in [0.15, 0.2) is 22.3 Å². The summed E-state index contributed by atoms with van der Waals surface area (Å²) in [7, 11) is -4.92. The van der Waals surface area contributed by atoms with E-state index in [2.05, 4.69) is 0 Å². The van der Waals surface area contributed by atoms with Crippen LogP contribution in [0.4, 0.5) is 17.6 Å². The molecule has 10 heteroatoms. The molecular formula is C12H13F4NO4S. The zero-order valence-corrected chi connectivity index (χ0v) is 12.7. The highest BCUT2D eigenvalue weighted by Crippen LogP contribution is 2.23. The molecule has 0 heterocycles. The second kappa shape index (κ2) is 6.21. The molecule has 0 aliphatic carbocycles. The summed E-state index contributed by atoms with van der Waals surface area (Å²) in [6.45, 7) is 3.63. The molecule has 0 aromatic heterocycles. The molecule has 0 bridgehead atoms. The topological polar surface area (TPSA) is 72.5 Å². The Morgan fingerprint density at radius 2 is 1.68 bits per heavy atom. The molecule has 0 fully saturated rings. The molecule has 0 saturated carbocycles. The fourth-order valence-corrected chi connectivity index (χ4v) is 2.49. The van der Waals surface area contributed by atoms with Crippen molar-refractivity contribution in [3.8, 4) is 0 Å². The summed E-state index contributed by atoms with van der Waals surface area (Å²) in [6.07, 6.45) is 0. The van der Waals surface area contributed by atoms with E-state index in [0.717, 1.165) is 0 Å². The molecule has 22 heavy (non-hydrogen) atoms. The quantitative estimate of drug-likeness (QED) is 0.392. The highest BCUT2D eigenvalue weighted by atomic mass is 32.2. The van der Waals surface area contributed by atoms with E-state index in [0.29, 0.717) is 0 Å². The summed E-state index contributed by atoms with van der Waals surface area (Å²) >= 11 is 0. The third-order valence-corrected chi connectivity index (χ3v) is 3.60. The number of benzene rings is 1. The summed E-state index contributed by atoms with van der Waals surface area (Å²) < 4.78 is 82.4. The first kappa shape index (κ1) is 18.4. The molecule has 1 aromatic rings. The average Bonchev–Trinajstić information content (AvgIpc) is 2.31. The molecule has 0 aliphatic rings. The maximum Gasteiger partial charge on any atom is 0.321 e. The van der Waals surface area contributed by atoms with Gasteiger partial charge in [-0.1, -0.05) is 0 Å². The molecule has 0 amide bonds. The lowest BCUT2D eigenvalue weighted by molar-refractivity contribution is -0.153. The normalized spacial score (nSPS) is 12.3. The Hall–Kier alpha value is -1.68. The summed E-state index contributed by atoms with van der Waals surface area (Å²) in [6, 6.07) is -0.111. The molecule has 1 rings (SSSR count). The van der Waals surface area contributed by atoms with Gasteiger partial charge in [0.25, 0.3) is 0 Å². The van der Waals surface area contributed by atoms with Crippen molar-refractivity contribution in [1.82, 2.24) is 4.72 Å². The largest absolute Gasteiger partial charge is 0.459 e. The Kier molecular flexibility index (Phi) is 5.18. The molecule has 5 nitrogen and oxygen atoms in total. The van der Waals surface area contributed by atoms with Crippen LogP contribution in [-0.4, -0.2) is 26.5 Å². The first-order valence-electron chi connectivity index (χ1n) is 5.89. The van der Waals surface area contributed by atoms with Crippen molar-refractivity contribution in [2.24, 2.45) is 0 Å². The number of esters is 1. The number of carbonyl (C=O) groups excluding carboxylic acids is 1. The van der Waals surface area contributed by atoms with E-state index in [1.807, 2.05) is 0 Å². The van der Waals surface area contributed by atoms with Crippen LogP contribution in [0.2, 0.25) is 0 Å². The highest BCUT2D eigenvalue weighted by molar-refractivity contribution is 7.89. The zero-order valence-electron chi connectivity index (χ0n) is 11.8. The Balaban J connectivity index is 3.02. The van der Waals surface area contributed by atoms with Gasteiger partial charge in [0.05, 0.1) is 0 Å². The summed E-state index contributed by atoms with van der Waals surface area (Å²) in [5.41, 5.74) is -0.902. The van der Waals surface area contributed by atoms with Gasteiger partial charge in [-0.25, -0.2) is 26.0 Å². The first-order valence-corrected chi connectivity index (χ1v) is 7.38. The van der Waals surface area contributed by atoms with Crippen molar-refractivity contribution in [3.63, 3.8) is 0 Å². The van der Waals surface area contributed by atoms with Gasteiger partial charge in [-0.05, 0) is 20.8 Å². The molecule has 0 spiro atoms. The molecule has 124 valence electrons. The molecule has 0 radical (unpaired) electrons. The first-order chi connectivity index (χ1) is 9.85. The van der Waals surface area contributed by atoms with Gasteiger partial charge in [0, 0.05) is 6.07 Å². The monoisotopic (exact) mass is 343 g/mol. The minimum Gasteiger partial charge on any atom is -0.459 e. The lowest BCUT2D eigenvalue weighted by atomic mass is 10.2. The van der Waals surface area contributed by atoms with Crippen LogP contribution in [0.3, 0.4) is 0 Å². The molecule has 0 saturated heterocycles. The van der Waals surface area contributed by atoms with Crippen LogP contribution in [0.1, 0.15) is 20.8 Å². The number of ether oxygens (including phenoxy) is 1. The Labute approximate surface area is 124 Å². The van der Waals surface area contributed by atoms with E-state index in [4.69, 9.17) is 4.74 Å². The van der Waals surface area contributed by atoms with Gasteiger partial charge in [-0.15, -0.1) is 0 Å². The standard InChI is InChI=1S/C12H13F4NO4S/c1-12(2,3)21-8(18)5-17-22(19,20)11-7(14)4-6(13)9(15)10(11)16/h4,17H,5H2,1-3H3. The fraction of sp³-hybridized carbons (Fsp3) is 0.417. The number of nitrogens with one attached hydrogen (secondary N) is 1. The predicted molar refractivity (Wildman–Crippen MR) is 67.3 cm³/mol. The molecular weight excluding hydrogens is 330 g/mol. The van der Waals surface area contributed by atoms with E-state index >= 15 is 0 Å². The summed E-state index contributed by atoms with van der Waals surface area (Å²) in [5.74, 6) is -9.07. The van der Waals surface area contributed by atoms with Crippen molar-refractivity contribution in [2.75, 3.05) is 6.54 Å². The van der Waals surface area contributed by atoms with Crippen LogP contribution in [-0.2, 0) is 19.6 Å². The van der Waals surface area contributed by atoms with Crippen LogP contribution >= 0.6 is 0 Å². The van der Waals surface area contributed by atoms with Crippen molar-refractivity contribution in [2.45, 2.75) is 31.3 Å². The number of carbonyl (C=O) groups is 1. The van der Waals surface area contributed by atoms with Gasteiger partial charge in [0.2, 0.25) is 10.0 Å². The van der Waals surface area contributed by atoms with Crippen molar-refractivity contribution < 1.29 is 35.5 Å². The van der Waals surface area contributed by atoms with Crippen molar-refractivity contribution in [3.05, 3.63) is 29.3 Å². The number of halogens is 4. The molecule has 0 aliphatic heterocycles. The van der Waals surface area contributed by atoms with Crippen LogP contribution < -0.4 is 4.72 Å². The smallest absolute Gasteiger partial charge is 0.321 e. The number of rotatable bonds is 4. The SMILES string of the molecule is CC(C)(C)OC(=O)CNS(=O)(=O)c1c(F)cc(F)c(F)c1F. The maximum atomic E-state index is 13.4. The number of hydrogen-bond donors (Lipinski definition) is 1. The van der Waals surface area contributed by atoms with Crippen molar-refractivity contribution >= 4 is 16.0 Å². The van der Waals surface area contributed by atoms with Crippen LogP contribution in [0, 0.1) is 23.3 Å². The molecule has 1 aromatic carbocycles. The second-order valence-electron chi connectivity index (χ2n) is 5.21. The predicted octanol–water partition coefficient (Wildman–Crippen LogP) is 1.86. The van der Waals surface area contributed by atoms with E-state index in [1.165, 1.54) is 20.8 Å². The molecule has 1 N–H and O–H groups in total. The van der Waals surface area contributed by atoms with Crippen LogP contribution in [0.25, 0.3) is 0 Å². The zero-order chi connectivity index (χ0) is 17.3. The minimum absolute atomic E-state index is 0.111. The van der Waals surface area contributed by atoms with E-state index in [-0.39, 0.29) is 6.07 Å². The van der Waals surface area contributed by atoms with Gasteiger partial charge in [-0.2, -0.15) is 4.72 Å². The third kappa shape index (κ3) is 4.41. The van der Waals surface area contributed by atoms with Gasteiger partial charge in [-0.3, -0.25) is 4.79 Å². The molecule has 0 atom stereocenters. The number of sulfonamides is 1. The third-order valence-electron chi connectivity index (χ3n) is 2.17. The van der Waals surface area contributed by atoms with E-state index < -0.39 is 56.3 Å². The van der Waals surface area contributed by atoms with E-state index in [1.54, 1.807) is 4.72 Å². The van der Waals surface area contributed by atoms with Gasteiger partial charge in [0.1, 0.15) is 18.0 Å². The lowest BCUT2D eigenvalue weighted by Crippen LogP contribution is -2.35. The summed E-state index contributed by atoms with van der Waals surface area (Å²) in [5, 5.41) is 0. The Morgan fingerprint density at radius 1 is 1.14 bits per heavy atom. The van der Waals surface area contributed by atoms with Crippen LogP contribution in [0.5, 0.6) is 0 Å². The van der Waals surface area contributed by atoms with Crippen molar-refractivity contribution in [1.29, 1.82) is 0 Å². The molecule has 0 unspecified atom stereocenters. The minimum atomic E-state index is -4.92. The van der Waals surface area contributed by atoms with Gasteiger partial charge < -0.3 is 4.74 Å². The average molecular weight is 343 g/mol. The summed E-state index contributed by atoms with van der Waals surface area (Å²) in [4.78, 5) is 9.64. The van der Waals surface area contributed by atoms with Crippen LogP contribution in [0.15, 0.2) is 11.0 Å².